The van der Waals surface area contributed by atoms with Gasteiger partial charge in [-0.25, -0.2) is 0 Å². The van der Waals surface area contributed by atoms with E-state index in [4.69, 9.17) is 4.74 Å². The fourth-order valence-electron chi connectivity index (χ4n) is 3.64. The lowest BCUT2D eigenvalue weighted by Gasteiger charge is -2.20. The number of aromatic nitrogens is 4. The summed E-state index contributed by atoms with van der Waals surface area (Å²) in [6, 6.07) is 13.5. The highest BCUT2D eigenvalue weighted by atomic mass is 16.5. The van der Waals surface area contributed by atoms with Crippen LogP contribution in [-0.2, 0) is 11.2 Å². The summed E-state index contributed by atoms with van der Waals surface area (Å²) in [6.07, 6.45) is 5.49. The molecule has 0 spiro atoms. The molecule has 0 aliphatic rings. The molecule has 0 aliphatic heterocycles. The summed E-state index contributed by atoms with van der Waals surface area (Å²) in [5.74, 6) is 5.23. The van der Waals surface area contributed by atoms with Crippen LogP contribution in [0.4, 0.5) is 0 Å². The number of hydrogen-bond acceptors (Lipinski definition) is 5. The number of carboxylic acid groups (broad SMARTS) is 1. The van der Waals surface area contributed by atoms with Crippen LogP contribution in [0.5, 0.6) is 5.75 Å². The molecular formula is C26H24N4O3. The van der Waals surface area contributed by atoms with E-state index in [1.165, 1.54) is 0 Å². The lowest BCUT2D eigenvalue weighted by molar-refractivity contribution is -0.137. The molecular weight excluding hydrogens is 416 g/mol. The Morgan fingerprint density at radius 3 is 2.58 bits per heavy atom. The monoisotopic (exact) mass is 440 g/mol. The van der Waals surface area contributed by atoms with Crippen LogP contribution in [0.3, 0.4) is 0 Å². The van der Waals surface area contributed by atoms with Gasteiger partial charge in [0, 0.05) is 24.2 Å². The Balaban J connectivity index is 1.60. The zero-order valence-electron chi connectivity index (χ0n) is 18.4. The van der Waals surface area contributed by atoms with Crippen LogP contribution in [0.15, 0.2) is 61.1 Å². The van der Waals surface area contributed by atoms with Gasteiger partial charge >= 0.3 is 5.97 Å². The maximum atomic E-state index is 11.2. The molecule has 0 aliphatic carbocycles. The van der Waals surface area contributed by atoms with Crippen LogP contribution in [0, 0.1) is 18.8 Å². The fourth-order valence-corrected chi connectivity index (χ4v) is 3.64. The van der Waals surface area contributed by atoms with Gasteiger partial charge in [0.25, 0.3) is 0 Å². The number of nitrogens with zero attached hydrogens (tertiary/aromatic N) is 3. The Labute approximate surface area is 191 Å². The fraction of sp³-hybridized carbons (Fsp3) is 0.231. The van der Waals surface area contributed by atoms with Crippen molar-refractivity contribution in [2.45, 2.75) is 38.7 Å². The summed E-state index contributed by atoms with van der Waals surface area (Å²) in [5.41, 5.74) is 4.45. The van der Waals surface area contributed by atoms with Gasteiger partial charge in [-0.15, -0.1) is 5.92 Å². The van der Waals surface area contributed by atoms with Gasteiger partial charge in [0.15, 0.2) is 0 Å². The highest BCUT2D eigenvalue weighted by molar-refractivity contribution is 5.78. The Kier molecular flexibility index (Phi) is 6.65. The third-order valence-electron chi connectivity index (χ3n) is 5.32. The van der Waals surface area contributed by atoms with Crippen molar-refractivity contribution in [2.75, 3.05) is 0 Å². The molecule has 0 bridgehead atoms. The number of rotatable bonds is 8. The van der Waals surface area contributed by atoms with Crippen molar-refractivity contribution < 1.29 is 14.6 Å². The van der Waals surface area contributed by atoms with E-state index in [1.54, 1.807) is 25.5 Å². The van der Waals surface area contributed by atoms with E-state index in [0.717, 1.165) is 33.4 Å². The highest BCUT2D eigenvalue weighted by Gasteiger charge is 2.18. The standard InChI is InChI=1S/C26H24N4O3/c1-3-4-19(12-26(31)32)18-7-9-23(10-8-18)33-25(13-22-16-27-17(2)14-28-22)20-5-6-21-15-29-30-24(21)11-20/h5-11,14-16,19,25H,12-13H2,1-2H3,(H,29,30)(H,31,32)/t19?,25-/m0/s1. The molecule has 4 aromatic rings. The minimum Gasteiger partial charge on any atom is -0.485 e. The molecule has 166 valence electrons. The van der Waals surface area contributed by atoms with Crippen LogP contribution in [0.1, 0.15) is 47.9 Å². The lowest BCUT2D eigenvalue weighted by atomic mass is 9.96. The summed E-state index contributed by atoms with van der Waals surface area (Å²) in [4.78, 5) is 20.0. The molecule has 0 radical (unpaired) electrons. The molecule has 2 atom stereocenters. The van der Waals surface area contributed by atoms with E-state index in [2.05, 4.69) is 32.0 Å². The van der Waals surface area contributed by atoms with Crippen LogP contribution in [-0.4, -0.2) is 31.2 Å². The predicted molar refractivity (Wildman–Crippen MR) is 125 cm³/mol. The van der Waals surface area contributed by atoms with Gasteiger partial charge in [0.1, 0.15) is 11.9 Å². The topological polar surface area (TPSA) is 101 Å². The van der Waals surface area contributed by atoms with E-state index in [1.807, 2.05) is 49.4 Å². The van der Waals surface area contributed by atoms with Gasteiger partial charge in [-0.2, -0.15) is 5.10 Å². The Hall–Kier alpha value is -4.18. The second kappa shape index (κ2) is 9.96. The molecule has 2 N–H and O–H groups in total. The molecule has 1 unspecified atom stereocenters. The third-order valence-corrected chi connectivity index (χ3v) is 5.32. The maximum Gasteiger partial charge on any atom is 0.304 e. The summed E-state index contributed by atoms with van der Waals surface area (Å²) in [7, 11) is 0. The van der Waals surface area contributed by atoms with Gasteiger partial charge in [-0.3, -0.25) is 19.9 Å². The zero-order chi connectivity index (χ0) is 23.2. The van der Waals surface area contributed by atoms with Crippen molar-refractivity contribution in [3.05, 3.63) is 83.6 Å². The zero-order valence-corrected chi connectivity index (χ0v) is 18.4. The van der Waals surface area contributed by atoms with E-state index in [0.29, 0.717) is 12.2 Å². The number of benzene rings is 2. The number of nitrogens with one attached hydrogen (secondary N) is 1. The first-order chi connectivity index (χ1) is 16.0. The average molecular weight is 441 g/mol. The highest BCUT2D eigenvalue weighted by Crippen LogP contribution is 2.29. The van der Waals surface area contributed by atoms with E-state index < -0.39 is 5.97 Å². The molecule has 2 heterocycles. The van der Waals surface area contributed by atoms with Gasteiger partial charge in [0.2, 0.25) is 0 Å². The summed E-state index contributed by atoms with van der Waals surface area (Å²) >= 11 is 0. The molecule has 0 saturated carbocycles. The second-order valence-corrected chi connectivity index (χ2v) is 7.79. The third kappa shape index (κ3) is 5.55. The first-order valence-corrected chi connectivity index (χ1v) is 10.6. The number of fused-ring (bicyclic) bond motifs is 1. The van der Waals surface area contributed by atoms with Crippen LogP contribution >= 0.6 is 0 Å². The minimum atomic E-state index is -0.878. The first-order valence-electron chi connectivity index (χ1n) is 10.6. The van der Waals surface area contributed by atoms with Gasteiger partial charge in [0.05, 0.1) is 35.4 Å². The van der Waals surface area contributed by atoms with Crippen LogP contribution in [0.25, 0.3) is 10.9 Å². The maximum absolute atomic E-state index is 11.2. The van der Waals surface area contributed by atoms with Crippen molar-refractivity contribution in [3.63, 3.8) is 0 Å². The molecule has 7 heteroatoms. The largest absolute Gasteiger partial charge is 0.485 e. The van der Waals surface area contributed by atoms with E-state index in [-0.39, 0.29) is 18.4 Å². The second-order valence-electron chi connectivity index (χ2n) is 7.79. The number of H-pyrrole nitrogens is 1. The van der Waals surface area contributed by atoms with Crippen molar-refractivity contribution in [3.8, 4) is 17.6 Å². The first kappa shape index (κ1) is 22.0. The van der Waals surface area contributed by atoms with Crippen molar-refractivity contribution >= 4 is 16.9 Å². The lowest BCUT2D eigenvalue weighted by Crippen LogP contribution is -2.12. The smallest absolute Gasteiger partial charge is 0.304 e. The van der Waals surface area contributed by atoms with Gasteiger partial charge < -0.3 is 9.84 Å². The van der Waals surface area contributed by atoms with Gasteiger partial charge in [-0.05, 0) is 43.2 Å². The van der Waals surface area contributed by atoms with Crippen LogP contribution in [0.2, 0.25) is 0 Å². The molecule has 2 aromatic heterocycles. The molecule has 7 nitrogen and oxygen atoms in total. The summed E-state index contributed by atoms with van der Waals surface area (Å²) in [6.45, 7) is 3.61. The normalized spacial score (nSPS) is 12.5. The van der Waals surface area contributed by atoms with Crippen molar-refractivity contribution in [2.24, 2.45) is 0 Å². The minimum absolute atomic E-state index is 0.0417. The number of aromatic amines is 1. The average Bonchev–Trinajstić information content (AvgIpc) is 3.28. The van der Waals surface area contributed by atoms with Crippen molar-refractivity contribution in [1.29, 1.82) is 0 Å². The van der Waals surface area contributed by atoms with Crippen molar-refractivity contribution in [1.82, 2.24) is 20.2 Å². The van der Waals surface area contributed by atoms with E-state index in [9.17, 15) is 9.90 Å². The number of ether oxygens (including phenoxy) is 1. The molecule has 0 fully saturated rings. The Bertz CT molecular complexity index is 1300. The molecule has 4 rings (SSSR count). The number of carboxylic acids is 1. The number of carbonyl (C=O) groups is 1. The SMILES string of the molecule is CC#CC(CC(=O)O)c1ccc(O[C@@H](Cc2cnc(C)cn2)c2ccc3cn[nH]c3c2)cc1. The molecule has 0 saturated heterocycles. The summed E-state index contributed by atoms with van der Waals surface area (Å²) in [5, 5.41) is 17.3. The Morgan fingerprint density at radius 1 is 1.09 bits per heavy atom. The predicted octanol–water partition coefficient (Wildman–Crippen LogP) is 4.61. The number of hydrogen-bond donors (Lipinski definition) is 2. The quantitative estimate of drug-likeness (QED) is 0.388. The molecule has 0 amide bonds. The van der Waals surface area contributed by atoms with Crippen LogP contribution < -0.4 is 4.74 Å². The summed E-state index contributed by atoms with van der Waals surface area (Å²) < 4.78 is 6.38. The number of aliphatic carboxylic acids is 1. The van der Waals surface area contributed by atoms with E-state index >= 15 is 0 Å². The Morgan fingerprint density at radius 2 is 1.88 bits per heavy atom. The molecule has 33 heavy (non-hydrogen) atoms. The van der Waals surface area contributed by atoms with Gasteiger partial charge in [-0.1, -0.05) is 30.2 Å². The molecule has 2 aromatic carbocycles. The number of aryl methyl sites for hydroxylation is 1.